The molecular weight excluding hydrogens is 350 g/mol. The Morgan fingerprint density at radius 2 is 1.89 bits per heavy atom. The molecule has 0 spiro atoms. The summed E-state index contributed by atoms with van der Waals surface area (Å²) in [5, 5.41) is 0. The van der Waals surface area contributed by atoms with Crippen molar-refractivity contribution in [1.29, 1.82) is 0 Å². The normalized spacial score (nSPS) is 23.5. The van der Waals surface area contributed by atoms with Gasteiger partial charge in [0.1, 0.15) is 5.82 Å². The molecule has 2 rings (SSSR count). The molecule has 1 saturated carbocycles. The fourth-order valence-electron chi connectivity index (χ4n) is 3.23. The van der Waals surface area contributed by atoms with Crippen molar-refractivity contribution in [1.82, 2.24) is 0 Å². The van der Waals surface area contributed by atoms with Crippen LogP contribution in [0.25, 0.3) is 0 Å². The minimum Gasteiger partial charge on any atom is -0.206 e. The highest BCUT2D eigenvalue weighted by atomic mass is 127. The summed E-state index contributed by atoms with van der Waals surface area (Å²) in [6.45, 7) is 2.27. The zero-order valence-electron chi connectivity index (χ0n) is 11.8. The van der Waals surface area contributed by atoms with Gasteiger partial charge in [0.2, 0.25) is 0 Å². The number of hydrogen-bond acceptors (Lipinski definition) is 0. The van der Waals surface area contributed by atoms with Crippen molar-refractivity contribution in [3.63, 3.8) is 0 Å². The van der Waals surface area contributed by atoms with Crippen LogP contribution in [-0.2, 0) is 0 Å². The van der Waals surface area contributed by atoms with Crippen LogP contribution in [0.4, 0.5) is 4.39 Å². The lowest BCUT2D eigenvalue weighted by Gasteiger charge is -2.29. The minimum atomic E-state index is -0.0526. The lowest BCUT2D eigenvalue weighted by atomic mass is 9.77. The molecule has 0 heterocycles. The second-order valence-electron chi connectivity index (χ2n) is 5.89. The van der Waals surface area contributed by atoms with Gasteiger partial charge in [0, 0.05) is 3.57 Å². The summed E-state index contributed by atoms with van der Waals surface area (Å²) in [6, 6.07) is 5.79. The predicted molar refractivity (Wildman–Crippen MR) is 88.0 cm³/mol. The molecule has 0 saturated heterocycles. The first-order chi connectivity index (χ1) is 9.20. The molecule has 1 aliphatic rings. The van der Waals surface area contributed by atoms with Crippen molar-refractivity contribution in [2.45, 2.75) is 64.2 Å². The summed E-state index contributed by atoms with van der Waals surface area (Å²) in [6.07, 6.45) is 10.7. The van der Waals surface area contributed by atoms with Crippen molar-refractivity contribution in [3.8, 4) is 0 Å². The van der Waals surface area contributed by atoms with E-state index in [4.69, 9.17) is 0 Å². The van der Waals surface area contributed by atoms with E-state index in [1.54, 1.807) is 6.07 Å². The first kappa shape index (κ1) is 15.3. The fourth-order valence-corrected chi connectivity index (χ4v) is 3.57. The van der Waals surface area contributed by atoms with Crippen LogP contribution < -0.4 is 0 Å². The zero-order valence-corrected chi connectivity index (χ0v) is 14.0. The third kappa shape index (κ3) is 4.44. The van der Waals surface area contributed by atoms with Crippen LogP contribution in [0.5, 0.6) is 0 Å². The zero-order chi connectivity index (χ0) is 13.7. The lowest BCUT2D eigenvalue weighted by molar-refractivity contribution is 0.302. The maximum atomic E-state index is 13.6. The summed E-state index contributed by atoms with van der Waals surface area (Å²) in [4.78, 5) is 0. The van der Waals surface area contributed by atoms with Crippen LogP contribution in [0.15, 0.2) is 18.2 Å². The second kappa shape index (κ2) is 7.61. The third-order valence-corrected chi connectivity index (χ3v) is 5.35. The highest BCUT2D eigenvalue weighted by Crippen LogP contribution is 2.38. The Balaban J connectivity index is 1.84. The summed E-state index contributed by atoms with van der Waals surface area (Å²) in [7, 11) is 0. The Labute approximate surface area is 130 Å². The molecule has 0 amide bonds. The van der Waals surface area contributed by atoms with Gasteiger partial charge in [-0.05, 0) is 77.8 Å². The van der Waals surface area contributed by atoms with E-state index in [2.05, 4.69) is 35.6 Å². The molecule has 0 radical (unpaired) electrons. The number of hydrogen-bond donors (Lipinski definition) is 0. The van der Waals surface area contributed by atoms with Crippen molar-refractivity contribution in [2.24, 2.45) is 5.92 Å². The molecule has 0 unspecified atom stereocenters. The first-order valence-electron chi connectivity index (χ1n) is 7.65. The molecule has 1 aromatic carbocycles. The molecule has 106 valence electrons. The summed E-state index contributed by atoms with van der Waals surface area (Å²) >= 11 is 2.06. The van der Waals surface area contributed by atoms with Crippen molar-refractivity contribution < 1.29 is 4.39 Å². The van der Waals surface area contributed by atoms with Gasteiger partial charge >= 0.3 is 0 Å². The largest absolute Gasteiger partial charge is 0.206 e. The smallest absolute Gasteiger partial charge is 0.136 e. The average molecular weight is 374 g/mol. The molecule has 0 aromatic heterocycles. The number of benzene rings is 1. The summed E-state index contributed by atoms with van der Waals surface area (Å²) < 4.78 is 14.3. The minimum absolute atomic E-state index is 0.0526. The average Bonchev–Trinajstić information content (AvgIpc) is 2.43. The van der Waals surface area contributed by atoms with Crippen LogP contribution in [-0.4, -0.2) is 0 Å². The van der Waals surface area contributed by atoms with Gasteiger partial charge in [0.05, 0.1) is 0 Å². The van der Waals surface area contributed by atoms with Crippen LogP contribution in [0.2, 0.25) is 0 Å². The van der Waals surface area contributed by atoms with E-state index in [9.17, 15) is 4.39 Å². The van der Waals surface area contributed by atoms with E-state index in [0.29, 0.717) is 5.92 Å². The molecule has 0 nitrogen and oxygen atoms in total. The molecule has 0 aliphatic heterocycles. The Morgan fingerprint density at radius 1 is 1.16 bits per heavy atom. The van der Waals surface area contributed by atoms with Gasteiger partial charge in [-0.2, -0.15) is 0 Å². The Hall–Kier alpha value is -0.120. The van der Waals surface area contributed by atoms with Crippen LogP contribution in [0.1, 0.15) is 69.8 Å². The standard InChI is InChI=1S/C17H24FI/c1-2-3-4-5-13-6-8-14(9-7-13)15-10-11-17(19)16(18)12-15/h10-14H,2-9H2,1H3. The number of halogens is 2. The number of rotatable bonds is 5. The molecule has 1 fully saturated rings. The SMILES string of the molecule is CCCCCC1CCC(c2ccc(I)c(F)c2)CC1. The second-order valence-corrected chi connectivity index (χ2v) is 7.05. The van der Waals surface area contributed by atoms with Crippen molar-refractivity contribution >= 4 is 22.6 Å². The van der Waals surface area contributed by atoms with E-state index in [1.165, 1.54) is 56.9 Å². The Bertz CT molecular complexity index is 394. The van der Waals surface area contributed by atoms with Gasteiger partial charge in [0.25, 0.3) is 0 Å². The van der Waals surface area contributed by atoms with Gasteiger partial charge in [-0.3, -0.25) is 0 Å². The monoisotopic (exact) mass is 374 g/mol. The molecule has 0 bridgehead atoms. The fraction of sp³-hybridized carbons (Fsp3) is 0.647. The highest BCUT2D eigenvalue weighted by Gasteiger charge is 2.22. The number of unbranched alkanes of at least 4 members (excludes halogenated alkanes) is 2. The van der Waals surface area contributed by atoms with Gasteiger partial charge in [-0.1, -0.05) is 38.7 Å². The maximum Gasteiger partial charge on any atom is 0.136 e. The highest BCUT2D eigenvalue weighted by molar-refractivity contribution is 14.1. The third-order valence-electron chi connectivity index (χ3n) is 4.48. The molecule has 1 aromatic rings. The van der Waals surface area contributed by atoms with Gasteiger partial charge in [-0.15, -0.1) is 0 Å². The molecule has 19 heavy (non-hydrogen) atoms. The predicted octanol–water partition coefficient (Wildman–Crippen LogP) is 6.28. The summed E-state index contributed by atoms with van der Waals surface area (Å²) in [5.41, 5.74) is 1.21. The molecule has 0 N–H and O–H groups in total. The van der Waals surface area contributed by atoms with Crippen LogP contribution >= 0.6 is 22.6 Å². The lowest BCUT2D eigenvalue weighted by Crippen LogP contribution is -2.13. The quantitative estimate of drug-likeness (QED) is 0.420. The van der Waals surface area contributed by atoms with E-state index in [1.807, 2.05) is 6.07 Å². The van der Waals surface area contributed by atoms with Gasteiger partial charge < -0.3 is 0 Å². The summed E-state index contributed by atoms with van der Waals surface area (Å²) in [5.74, 6) is 1.47. The maximum absolute atomic E-state index is 13.6. The van der Waals surface area contributed by atoms with Crippen molar-refractivity contribution in [2.75, 3.05) is 0 Å². The molecular formula is C17H24FI. The van der Waals surface area contributed by atoms with E-state index < -0.39 is 0 Å². The van der Waals surface area contributed by atoms with E-state index >= 15 is 0 Å². The topological polar surface area (TPSA) is 0 Å². The first-order valence-corrected chi connectivity index (χ1v) is 8.73. The molecule has 1 aliphatic carbocycles. The van der Waals surface area contributed by atoms with E-state index in [0.717, 1.165) is 9.49 Å². The van der Waals surface area contributed by atoms with Gasteiger partial charge in [-0.25, -0.2) is 4.39 Å². The van der Waals surface area contributed by atoms with Crippen molar-refractivity contribution in [3.05, 3.63) is 33.1 Å². The van der Waals surface area contributed by atoms with Crippen LogP contribution in [0.3, 0.4) is 0 Å². The molecule has 2 heteroatoms. The Morgan fingerprint density at radius 3 is 2.53 bits per heavy atom. The van der Waals surface area contributed by atoms with Gasteiger partial charge in [0.15, 0.2) is 0 Å². The molecule has 0 atom stereocenters. The Kier molecular flexibility index (Phi) is 6.11. The van der Waals surface area contributed by atoms with E-state index in [-0.39, 0.29) is 5.82 Å². The van der Waals surface area contributed by atoms with Crippen LogP contribution in [0, 0.1) is 15.3 Å².